The zero-order valence-electron chi connectivity index (χ0n) is 20.5. The Hall–Kier alpha value is -3.80. The molecule has 0 saturated heterocycles. The first-order valence-electron chi connectivity index (χ1n) is 12.4. The Morgan fingerprint density at radius 1 is 1.00 bits per heavy atom. The molecule has 0 radical (unpaired) electrons. The number of nitrogens with zero attached hydrogens (tertiary/aromatic N) is 1. The highest BCUT2D eigenvalue weighted by molar-refractivity contribution is 6.01. The Balaban J connectivity index is 1.33. The number of rotatable bonds is 12. The lowest BCUT2D eigenvalue weighted by molar-refractivity contribution is -0.128. The highest BCUT2D eigenvalue weighted by Gasteiger charge is 2.30. The van der Waals surface area contributed by atoms with Crippen molar-refractivity contribution >= 4 is 17.6 Å². The molecule has 3 aromatic rings. The maximum atomic E-state index is 13.2. The van der Waals surface area contributed by atoms with Gasteiger partial charge in [-0.15, -0.1) is 5.69 Å². The number of phenolic OH excluding ortho intramolecular Hbond substituents is 2. The van der Waals surface area contributed by atoms with Crippen molar-refractivity contribution in [2.75, 3.05) is 7.11 Å². The molecule has 0 bridgehead atoms. The summed E-state index contributed by atoms with van der Waals surface area (Å²) in [7, 11) is 1.48. The Morgan fingerprint density at radius 3 is 2.64 bits per heavy atom. The lowest BCUT2D eigenvalue weighted by Gasteiger charge is -2.30. The van der Waals surface area contributed by atoms with Crippen molar-refractivity contribution in [1.82, 2.24) is 4.98 Å². The van der Waals surface area contributed by atoms with E-state index >= 15 is 0 Å². The lowest BCUT2D eigenvalue weighted by atomic mass is 9.75. The van der Waals surface area contributed by atoms with E-state index in [4.69, 9.17) is 4.74 Å². The average molecular weight is 487 g/mol. The fraction of sp³-hybridized carbons (Fsp3) is 0.333. The summed E-state index contributed by atoms with van der Waals surface area (Å²) in [5, 5.41) is 19.4. The van der Waals surface area contributed by atoms with Crippen molar-refractivity contribution < 1.29 is 24.5 Å². The van der Waals surface area contributed by atoms with E-state index in [2.05, 4.69) is 4.98 Å². The molecule has 1 aliphatic carbocycles. The second-order valence-electron chi connectivity index (χ2n) is 9.38. The van der Waals surface area contributed by atoms with Crippen LogP contribution in [0.3, 0.4) is 0 Å². The van der Waals surface area contributed by atoms with Crippen LogP contribution in [0.1, 0.15) is 60.4 Å². The van der Waals surface area contributed by atoms with E-state index < -0.39 is 0 Å². The summed E-state index contributed by atoms with van der Waals surface area (Å²) in [6, 6.07) is 14.3. The van der Waals surface area contributed by atoms with Crippen molar-refractivity contribution in [2.24, 2.45) is 5.92 Å². The number of carbonyl (C=O) groups is 2. The SMILES string of the molecule is COc1cc(CCC(=O)CC(=O)C2C=Cc3[n-]ccc3C2CCCCc2cccc(O)c2)ccc1O. The van der Waals surface area contributed by atoms with Crippen LogP contribution in [0.15, 0.2) is 60.8 Å². The van der Waals surface area contributed by atoms with Crippen LogP contribution in [0.25, 0.3) is 6.08 Å². The quantitative estimate of drug-likeness (QED) is 0.264. The molecule has 1 aromatic heterocycles. The van der Waals surface area contributed by atoms with Crippen LogP contribution in [-0.4, -0.2) is 28.9 Å². The topological polar surface area (TPSA) is 97.9 Å². The summed E-state index contributed by atoms with van der Waals surface area (Å²) in [5.41, 5.74) is 3.96. The second kappa shape index (κ2) is 11.8. The molecule has 2 atom stereocenters. The second-order valence-corrected chi connectivity index (χ2v) is 9.38. The first-order chi connectivity index (χ1) is 17.4. The number of hydrogen-bond acceptors (Lipinski definition) is 5. The number of fused-ring (bicyclic) bond motifs is 1. The number of methoxy groups -OCH3 is 1. The van der Waals surface area contributed by atoms with Crippen LogP contribution in [0.4, 0.5) is 0 Å². The Labute approximate surface area is 211 Å². The molecule has 0 amide bonds. The number of aryl methyl sites for hydroxylation is 2. The van der Waals surface area contributed by atoms with Crippen molar-refractivity contribution in [3.63, 3.8) is 0 Å². The van der Waals surface area contributed by atoms with Gasteiger partial charge < -0.3 is 19.9 Å². The molecular weight excluding hydrogens is 454 g/mol. The van der Waals surface area contributed by atoms with Gasteiger partial charge in [-0.05, 0) is 67.0 Å². The number of carbonyl (C=O) groups excluding carboxylic acids is 2. The number of phenols is 2. The number of ether oxygens (including phenoxy) is 1. The number of benzene rings is 2. The fourth-order valence-electron chi connectivity index (χ4n) is 4.97. The molecular formula is C30H32NO5-. The highest BCUT2D eigenvalue weighted by Crippen LogP contribution is 2.38. The van der Waals surface area contributed by atoms with Crippen LogP contribution >= 0.6 is 0 Å². The van der Waals surface area contributed by atoms with Gasteiger partial charge in [-0.3, -0.25) is 9.59 Å². The van der Waals surface area contributed by atoms with Gasteiger partial charge in [-0.25, -0.2) is 0 Å². The number of hydrogen-bond donors (Lipinski definition) is 2. The number of allylic oxidation sites excluding steroid dienone is 1. The lowest BCUT2D eigenvalue weighted by Crippen LogP contribution is -2.25. The first-order valence-corrected chi connectivity index (χ1v) is 12.4. The third-order valence-corrected chi connectivity index (χ3v) is 6.88. The minimum absolute atomic E-state index is 0.0123. The molecule has 0 saturated carbocycles. The van der Waals surface area contributed by atoms with E-state index in [1.807, 2.05) is 30.4 Å². The fourth-order valence-corrected chi connectivity index (χ4v) is 4.97. The van der Waals surface area contributed by atoms with E-state index in [1.54, 1.807) is 36.5 Å². The van der Waals surface area contributed by atoms with E-state index in [1.165, 1.54) is 7.11 Å². The van der Waals surface area contributed by atoms with Crippen LogP contribution in [0.2, 0.25) is 0 Å². The smallest absolute Gasteiger partial charge is 0.160 e. The Bertz CT molecular complexity index is 1240. The predicted octanol–water partition coefficient (Wildman–Crippen LogP) is 5.36. The normalized spacial score (nSPS) is 16.5. The number of aromatic hydroxyl groups is 2. The molecule has 0 aliphatic heterocycles. The average Bonchev–Trinajstić information content (AvgIpc) is 3.35. The van der Waals surface area contributed by atoms with Gasteiger partial charge in [-0.1, -0.05) is 48.4 Å². The van der Waals surface area contributed by atoms with Crippen LogP contribution in [0.5, 0.6) is 17.2 Å². The Kier molecular flexibility index (Phi) is 8.26. The highest BCUT2D eigenvalue weighted by atomic mass is 16.5. The van der Waals surface area contributed by atoms with E-state index in [0.29, 0.717) is 12.2 Å². The zero-order valence-corrected chi connectivity index (χ0v) is 20.5. The van der Waals surface area contributed by atoms with Gasteiger partial charge in [-0.2, -0.15) is 6.20 Å². The molecule has 2 N–H and O–H groups in total. The summed E-state index contributed by atoms with van der Waals surface area (Å²) >= 11 is 0. The number of ketones is 2. The monoisotopic (exact) mass is 486 g/mol. The van der Waals surface area contributed by atoms with Gasteiger partial charge in [0.25, 0.3) is 0 Å². The van der Waals surface area contributed by atoms with Crippen molar-refractivity contribution in [3.05, 3.63) is 83.2 Å². The molecule has 36 heavy (non-hydrogen) atoms. The molecule has 188 valence electrons. The summed E-state index contributed by atoms with van der Waals surface area (Å²) in [4.78, 5) is 30.3. The summed E-state index contributed by atoms with van der Waals surface area (Å²) < 4.78 is 5.13. The summed E-state index contributed by atoms with van der Waals surface area (Å²) in [6.45, 7) is 0. The standard InChI is InChI=1S/C30H32NO5/c1-36-30-18-21(10-14-28(30)34)9-11-23(33)19-29(35)26-12-13-27-25(15-16-31-27)24(26)8-3-2-5-20-6-4-7-22(32)17-20/h4,6-7,10,12-18,24,26,32,34H,2-3,5,8-9,11,19H2,1H3/q-1. The van der Waals surface area contributed by atoms with E-state index in [9.17, 15) is 19.8 Å². The van der Waals surface area contributed by atoms with Gasteiger partial charge in [0.2, 0.25) is 0 Å². The molecule has 6 nitrogen and oxygen atoms in total. The first kappa shape index (κ1) is 25.3. The van der Waals surface area contributed by atoms with Crippen LogP contribution in [0, 0.1) is 5.92 Å². The number of unbranched alkanes of at least 4 members (excludes halogenated alkanes) is 1. The number of aromatic nitrogens is 1. The predicted molar refractivity (Wildman–Crippen MR) is 138 cm³/mol. The van der Waals surface area contributed by atoms with Gasteiger partial charge >= 0.3 is 0 Å². The largest absolute Gasteiger partial charge is 0.664 e. The minimum Gasteiger partial charge on any atom is -0.664 e. The van der Waals surface area contributed by atoms with Gasteiger partial charge in [0.05, 0.1) is 13.5 Å². The van der Waals surface area contributed by atoms with E-state index in [-0.39, 0.29) is 47.7 Å². The molecule has 0 spiro atoms. The van der Waals surface area contributed by atoms with E-state index in [0.717, 1.165) is 48.1 Å². The summed E-state index contributed by atoms with van der Waals surface area (Å²) in [6.07, 6.45) is 9.81. The summed E-state index contributed by atoms with van der Waals surface area (Å²) in [5.74, 6) is 0.241. The Morgan fingerprint density at radius 2 is 1.83 bits per heavy atom. The molecule has 1 aliphatic rings. The molecule has 2 unspecified atom stereocenters. The van der Waals surface area contributed by atoms with Crippen LogP contribution < -0.4 is 9.72 Å². The number of Topliss-reactive ketones (excluding diaryl/α,β-unsaturated/α-hetero) is 2. The molecule has 1 heterocycles. The van der Waals surface area contributed by atoms with Crippen molar-refractivity contribution in [2.45, 2.75) is 50.9 Å². The zero-order chi connectivity index (χ0) is 25.5. The third-order valence-electron chi connectivity index (χ3n) is 6.88. The van der Waals surface area contributed by atoms with Crippen LogP contribution in [-0.2, 0) is 22.4 Å². The van der Waals surface area contributed by atoms with Crippen molar-refractivity contribution in [3.8, 4) is 17.2 Å². The minimum atomic E-state index is -0.333. The maximum absolute atomic E-state index is 13.2. The maximum Gasteiger partial charge on any atom is 0.160 e. The molecule has 6 heteroatoms. The third kappa shape index (κ3) is 6.25. The molecule has 4 rings (SSSR count). The molecule has 0 fully saturated rings. The van der Waals surface area contributed by atoms with Gasteiger partial charge in [0.1, 0.15) is 17.3 Å². The van der Waals surface area contributed by atoms with Gasteiger partial charge in [0.15, 0.2) is 11.5 Å². The van der Waals surface area contributed by atoms with Crippen molar-refractivity contribution in [1.29, 1.82) is 0 Å². The van der Waals surface area contributed by atoms with Gasteiger partial charge in [0, 0.05) is 12.3 Å². The molecule has 2 aromatic carbocycles.